The van der Waals surface area contributed by atoms with E-state index >= 15 is 0 Å². The van der Waals surface area contributed by atoms with Crippen LogP contribution in [0.4, 0.5) is 10.1 Å². The van der Waals surface area contributed by atoms with E-state index < -0.39 is 25.9 Å². The predicted molar refractivity (Wildman–Crippen MR) is 85.8 cm³/mol. The molecule has 0 bridgehead atoms. The number of anilines is 1. The first-order valence-electron chi connectivity index (χ1n) is 6.26. The molecule has 0 spiro atoms. The van der Waals surface area contributed by atoms with Crippen LogP contribution in [-0.4, -0.2) is 16.8 Å². The first-order chi connectivity index (χ1) is 10.7. The SMILES string of the molecule is NS(=O)(=O)c1ccccc1NS(=O)(=O)C=Cc1ccccc1F. The molecule has 2 aromatic carbocycles. The van der Waals surface area contributed by atoms with Crippen LogP contribution in [0.5, 0.6) is 0 Å². The van der Waals surface area contributed by atoms with Crippen molar-refractivity contribution in [2.75, 3.05) is 4.72 Å². The molecule has 0 aliphatic carbocycles. The van der Waals surface area contributed by atoms with Gasteiger partial charge in [-0.15, -0.1) is 0 Å². The van der Waals surface area contributed by atoms with Crippen molar-refractivity contribution < 1.29 is 21.2 Å². The van der Waals surface area contributed by atoms with Gasteiger partial charge in [0.05, 0.1) is 11.1 Å². The van der Waals surface area contributed by atoms with E-state index in [2.05, 4.69) is 4.72 Å². The molecule has 0 heterocycles. The molecule has 122 valence electrons. The van der Waals surface area contributed by atoms with E-state index in [-0.39, 0.29) is 16.1 Å². The zero-order valence-electron chi connectivity index (χ0n) is 11.7. The van der Waals surface area contributed by atoms with E-state index in [1.165, 1.54) is 42.5 Å². The molecule has 0 aliphatic rings. The van der Waals surface area contributed by atoms with Crippen LogP contribution in [0.2, 0.25) is 0 Å². The van der Waals surface area contributed by atoms with Crippen LogP contribution in [-0.2, 0) is 20.0 Å². The molecule has 9 heteroatoms. The summed E-state index contributed by atoms with van der Waals surface area (Å²) in [5.41, 5.74) is -0.106. The zero-order chi connectivity index (χ0) is 17.1. The lowest BCUT2D eigenvalue weighted by Crippen LogP contribution is -2.17. The molecule has 0 unspecified atom stereocenters. The monoisotopic (exact) mass is 356 g/mol. The smallest absolute Gasteiger partial charge is 0.255 e. The average Bonchev–Trinajstić information content (AvgIpc) is 2.45. The summed E-state index contributed by atoms with van der Waals surface area (Å²) in [6.45, 7) is 0. The predicted octanol–water partition coefficient (Wildman–Crippen LogP) is 1.89. The van der Waals surface area contributed by atoms with Gasteiger partial charge in [0.15, 0.2) is 0 Å². The van der Waals surface area contributed by atoms with Crippen molar-refractivity contribution in [2.45, 2.75) is 4.90 Å². The van der Waals surface area contributed by atoms with Crippen molar-refractivity contribution in [1.82, 2.24) is 0 Å². The van der Waals surface area contributed by atoms with Crippen molar-refractivity contribution in [3.05, 3.63) is 65.3 Å². The average molecular weight is 356 g/mol. The fraction of sp³-hybridized carbons (Fsp3) is 0. The summed E-state index contributed by atoms with van der Waals surface area (Å²) in [5, 5.41) is 5.77. The van der Waals surface area contributed by atoms with Gasteiger partial charge in [0.25, 0.3) is 10.0 Å². The van der Waals surface area contributed by atoms with E-state index in [0.717, 1.165) is 11.5 Å². The van der Waals surface area contributed by atoms with Gasteiger partial charge in [-0.3, -0.25) is 4.72 Å². The summed E-state index contributed by atoms with van der Waals surface area (Å²) in [5.74, 6) is -0.580. The standard InChI is InChI=1S/C14H13FN2O4S2/c15-12-6-2-1-5-11(12)9-10-22(18,19)17-13-7-3-4-8-14(13)23(16,20)21/h1-10,17H,(H2,16,20,21). The molecular weight excluding hydrogens is 343 g/mol. The van der Waals surface area contributed by atoms with Gasteiger partial charge in [-0.2, -0.15) is 0 Å². The van der Waals surface area contributed by atoms with Gasteiger partial charge in [-0.05, 0) is 24.3 Å². The van der Waals surface area contributed by atoms with Crippen molar-refractivity contribution in [1.29, 1.82) is 0 Å². The molecular formula is C14H13FN2O4S2. The van der Waals surface area contributed by atoms with E-state index in [1.807, 2.05) is 0 Å². The number of rotatable bonds is 5. The molecule has 0 aromatic heterocycles. The molecule has 2 aromatic rings. The summed E-state index contributed by atoms with van der Waals surface area (Å²) in [7, 11) is -8.14. The molecule has 0 amide bonds. The third-order valence-corrected chi connectivity index (χ3v) is 4.75. The number of hydrogen-bond acceptors (Lipinski definition) is 4. The number of nitrogens with one attached hydrogen (secondary N) is 1. The van der Waals surface area contributed by atoms with Crippen LogP contribution in [0.1, 0.15) is 5.56 Å². The molecule has 0 saturated heterocycles. The third kappa shape index (κ3) is 4.62. The minimum Gasteiger partial charge on any atom is -0.279 e. The first-order valence-corrected chi connectivity index (χ1v) is 9.35. The van der Waals surface area contributed by atoms with Crippen molar-refractivity contribution in [3.63, 3.8) is 0 Å². The van der Waals surface area contributed by atoms with Gasteiger partial charge in [0.2, 0.25) is 10.0 Å². The lowest BCUT2D eigenvalue weighted by atomic mass is 10.2. The number of nitrogens with two attached hydrogens (primary N) is 1. The molecule has 6 nitrogen and oxygen atoms in total. The van der Waals surface area contributed by atoms with Crippen LogP contribution in [0.3, 0.4) is 0 Å². The third-order valence-electron chi connectivity index (χ3n) is 2.78. The Kier molecular flexibility index (Phi) is 4.83. The molecule has 0 aliphatic heterocycles. The molecule has 0 saturated carbocycles. The fourth-order valence-corrected chi connectivity index (χ4v) is 3.40. The maximum Gasteiger partial charge on any atom is 0.255 e. The number of sulfonamides is 2. The Morgan fingerprint density at radius 2 is 1.57 bits per heavy atom. The second-order valence-corrected chi connectivity index (χ2v) is 7.61. The van der Waals surface area contributed by atoms with Crippen LogP contribution in [0, 0.1) is 5.82 Å². The number of hydrogen-bond donors (Lipinski definition) is 2. The normalized spacial score (nSPS) is 12.4. The summed E-state index contributed by atoms with van der Waals surface area (Å²) < 4.78 is 62.4. The molecule has 3 N–H and O–H groups in total. The number of halogens is 1. The van der Waals surface area contributed by atoms with Crippen molar-refractivity contribution >= 4 is 31.8 Å². The lowest BCUT2D eigenvalue weighted by Gasteiger charge is -2.08. The van der Waals surface area contributed by atoms with Crippen LogP contribution in [0.15, 0.2) is 58.8 Å². The highest BCUT2D eigenvalue weighted by molar-refractivity contribution is 7.95. The van der Waals surface area contributed by atoms with Crippen molar-refractivity contribution in [2.24, 2.45) is 5.14 Å². The molecule has 0 fully saturated rings. The second-order valence-electron chi connectivity index (χ2n) is 4.51. The van der Waals surface area contributed by atoms with Crippen LogP contribution in [0.25, 0.3) is 6.08 Å². The summed E-state index contributed by atoms with van der Waals surface area (Å²) in [6.07, 6.45) is 1.07. The zero-order valence-corrected chi connectivity index (χ0v) is 13.3. The van der Waals surface area contributed by atoms with E-state index in [9.17, 15) is 21.2 Å². The highest BCUT2D eigenvalue weighted by Crippen LogP contribution is 2.21. The van der Waals surface area contributed by atoms with Gasteiger partial charge in [-0.1, -0.05) is 30.3 Å². The minimum atomic E-state index is -4.09. The van der Waals surface area contributed by atoms with E-state index in [1.54, 1.807) is 6.07 Å². The molecule has 2 rings (SSSR count). The molecule has 0 atom stereocenters. The molecule has 23 heavy (non-hydrogen) atoms. The quantitative estimate of drug-likeness (QED) is 0.853. The maximum atomic E-state index is 13.4. The Morgan fingerprint density at radius 1 is 0.957 bits per heavy atom. The summed E-state index contributed by atoms with van der Waals surface area (Å²) in [4.78, 5) is -0.358. The highest BCUT2D eigenvalue weighted by Gasteiger charge is 2.16. The Balaban J connectivity index is 2.32. The van der Waals surface area contributed by atoms with Gasteiger partial charge in [-0.25, -0.2) is 26.4 Å². The summed E-state index contributed by atoms with van der Waals surface area (Å²) in [6, 6.07) is 10.9. The highest BCUT2D eigenvalue weighted by atomic mass is 32.2. The largest absolute Gasteiger partial charge is 0.279 e. The Bertz CT molecular complexity index is 954. The van der Waals surface area contributed by atoms with E-state index in [4.69, 9.17) is 5.14 Å². The van der Waals surface area contributed by atoms with E-state index in [0.29, 0.717) is 0 Å². The van der Waals surface area contributed by atoms with Crippen LogP contribution >= 0.6 is 0 Å². The minimum absolute atomic E-state index is 0.0811. The van der Waals surface area contributed by atoms with Gasteiger partial charge in [0, 0.05) is 5.56 Å². The maximum absolute atomic E-state index is 13.4. The molecule has 0 radical (unpaired) electrons. The number of benzene rings is 2. The Morgan fingerprint density at radius 3 is 2.22 bits per heavy atom. The topological polar surface area (TPSA) is 106 Å². The second kappa shape index (κ2) is 6.49. The Hall–Kier alpha value is -2.23. The van der Waals surface area contributed by atoms with Crippen LogP contribution < -0.4 is 9.86 Å². The summed E-state index contributed by atoms with van der Waals surface area (Å²) >= 11 is 0. The van der Waals surface area contributed by atoms with Crippen molar-refractivity contribution in [3.8, 4) is 0 Å². The van der Waals surface area contributed by atoms with Gasteiger partial charge in [0.1, 0.15) is 10.7 Å². The lowest BCUT2D eigenvalue weighted by molar-refractivity contribution is 0.598. The fourth-order valence-electron chi connectivity index (χ4n) is 1.76. The number of para-hydroxylation sites is 1. The number of primary sulfonamides is 1. The van der Waals surface area contributed by atoms with Gasteiger partial charge >= 0.3 is 0 Å². The first kappa shape index (κ1) is 17.1. The van der Waals surface area contributed by atoms with Gasteiger partial charge < -0.3 is 0 Å². The Labute approximate surface area is 133 Å².